The van der Waals surface area contributed by atoms with Crippen LogP contribution in [0.1, 0.15) is 12.8 Å². The Bertz CT molecular complexity index is 181. The molecule has 2 aliphatic heterocycles. The molecule has 1 N–H and O–H groups in total. The van der Waals surface area contributed by atoms with Gasteiger partial charge in [0, 0.05) is 0 Å². The smallest absolute Gasteiger partial charge is 0.330 e. The summed E-state index contributed by atoms with van der Waals surface area (Å²) in [5.41, 5.74) is 0. The number of cyclic esters (lactones) is 2. The van der Waals surface area contributed by atoms with E-state index in [0.717, 1.165) is 12.8 Å². The molecule has 0 saturated carbocycles. The van der Waals surface area contributed by atoms with Crippen LogP contribution in [0, 0.1) is 0 Å². The summed E-state index contributed by atoms with van der Waals surface area (Å²) in [6.45, 7) is 0. The van der Waals surface area contributed by atoms with Gasteiger partial charge in [-0.2, -0.15) is 0 Å². The summed E-state index contributed by atoms with van der Waals surface area (Å²) >= 11 is 0. The maximum Gasteiger partial charge on any atom is 0.330 e. The van der Waals surface area contributed by atoms with Gasteiger partial charge in [0.2, 0.25) is 0 Å². The topological polar surface area (TPSA) is 55.4 Å². The van der Waals surface area contributed by atoms with Gasteiger partial charge >= 0.3 is 11.9 Å². The van der Waals surface area contributed by atoms with E-state index in [9.17, 15) is 9.59 Å². The summed E-state index contributed by atoms with van der Waals surface area (Å²) in [5, 5.41) is 2.87. The van der Waals surface area contributed by atoms with E-state index in [4.69, 9.17) is 0 Å². The van der Waals surface area contributed by atoms with Crippen LogP contribution in [0.4, 0.5) is 0 Å². The molecule has 10 heavy (non-hydrogen) atoms. The summed E-state index contributed by atoms with van der Waals surface area (Å²) in [6.07, 6.45) is 1.46. The van der Waals surface area contributed by atoms with Gasteiger partial charge in [0.25, 0.3) is 0 Å². The molecule has 2 aliphatic rings. The first-order valence-corrected chi connectivity index (χ1v) is 3.29. The van der Waals surface area contributed by atoms with E-state index >= 15 is 0 Å². The average molecular weight is 141 g/mol. The SMILES string of the molecule is O=C1OC(=O)[C@H]2CC[C@H]1N2. The lowest BCUT2D eigenvalue weighted by molar-refractivity contribution is -0.165. The molecule has 2 rings (SSSR count). The first-order valence-electron chi connectivity index (χ1n) is 3.29. The lowest BCUT2D eigenvalue weighted by Gasteiger charge is -2.17. The molecule has 2 bridgehead atoms. The zero-order valence-corrected chi connectivity index (χ0v) is 5.29. The minimum Gasteiger partial charge on any atom is -0.391 e. The molecule has 54 valence electrons. The normalized spacial score (nSPS) is 38.0. The molecular weight excluding hydrogens is 134 g/mol. The van der Waals surface area contributed by atoms with Crippen LogP contribution < -0.4 is 5.32 Å². The van der Waals surface area contributed by atoms with Gasteiger partial charge in [0.1, 0.15) is 12.1 Å². The van der Waals surface area contributed by atoms with Crippen LogP contribution in [0.25, 0.3) is 0 Å². The Hall–Kier alpha value is -0.900. The van der Waals surface area contributed by atoms with Gasteiger partial charge in [0.05, 0.1) is 0 Å². The molecule has 0 radical (unpaired) electrons. The highest BCUT2D eigenvalue weighted by Gasteiger charge is 2.41. The van der Waals surface area contributed by atoms with Gasteiger partial charge in [-0.1, -0.05) is 0 Å². The molecule has 0 spiro atoms. The van der Waals surface area contributed by atoms with E-state index in [1.807, 2.05) is 0 Å². The molecule has 0 unspecified atom stereocenters. The van der Waals surface area contributed by atoms with Crippen molar-refractivity contribution in [1.82, 2.24) is 5.32 Å². The van der Waals surface area contributed by atoms with Gasteiger partial charge < -0.3 is 4.74 Å². The molecule has 0 aromatic carbocycles. The summed E-state index contributed by atoms with van der Waals surface area (Å²) < 4.78 is 4.43. The second kappa shape index (κ2) is 1.79. The van der Waals surface area contributed by atoms with Crippen molar-refractivity contribution < 1.29 is 14.3 Å². The van der Waals surface area contributed by atoms with Crippen LogP contribution in [0.5, 0.6) is 0 Å². The first-order chi connectivity index (χ1) is 4.77. The molecule has 2 atom stereocenters. The standard InChI is InChI=1S/C6H7NO3/c8-5-3-1-2-4(7-3)6(9)10-5/h3-4,7H,1-2H2/t3-,4-/m1/s1. The van der Waals surface area contributed by atoms with E-state index in [1.165, 1.54) is 0 Å². The summed E-state index contributed by atoms with van der Waals surface area (Å²) in [4.78, 5) is 21.5. The van der Waals surface area contributed by atoms with Gasteiger partial charge in [-0.3, -0.25) is 5.32 Å². The van der Waals surface area contributed by atoms with Crippen molar-refractivity contribution in [2.45, 2.75) is 24.9 Å². The number of hydrogen-bond acceptors (Lipinski definition) is 4. The van der Waals surface area contributed by atoms with Crippen molar-refractivity contribution in [2.75, 3.05) is 0 Å². The third-order valence-corrected chi connectivity index (χ3v) is 1.92. The largest absolute Gasteiger partial charge is 0.391 e. The Labute approximate surface area is 57.5 Å². The van der Waals surface area contributed by atoms with Crippen molar-refractivity contribution in [3.8, 4) is 0 Å². The van der Waals surface area contributed by atoms with Gasteiger partial charge in [-0.15, -0.1) is 0 Å². The molecule has 4 nitrogen and oxygen atoms in total. The van der Waals surface area contributed by atoms with Crippen LogP contribution >= 0.6 is 0 Å². The van der Waals surface area contributed by atoms with E-state index in [1.54, 1.807) is 0 Å². The minimum atomic E-state index is -0.418. The van der Waals surface area contributed by atoms with Crippen molar-refractivity contribution in [3.05, 3.63) is 0 Å². The average Bonchev–Trinajstić information content (AvgIpc) is 2.28. The monoisotopic (exact) mass is 141 g/mol. The molecule has 2 heterocycles. The van der Waals surface area contributed by atoms with E-state index in [2.05, 4.69) is 10.1 Å². The molecule has 0 aromatic rings. The molecular formula is C6H7NO3. The minimum absolute atomic E-state index is 0.220. The van der Waals surface area contributed by atoms with E-state index < -0.39 is 11.9 Å². The van der Waals surface area contributed by atoms with Crippen molar-refractivity contribution in [2.24, 2.45) is 0 Å². The number of rotatable bonds is 0. The Morgan fingerprint density at radius 1 is 1.20 bits per heavy atom. The predicted molar refractivity (Wildman–Crippen MR) is 31.0 cm³/mol. The highest BCUT2D eigenvalue weighted by molar-refractivity contribution is 5.95. The second-order valence-corrected chi connectivity index (χ2v) is 2.59. The number of carbonyl (C=O) groups is 2. The third kappa shape index (κ3) is 0.654. The van der Waals surface area contributed by atoms with Crippen molar-refractivity contribution in [3.63, 3.8) is 0 Å². The van der Waals surface area contributed by atoms with Crippen LogP contribution in [0.2, 0.25) is 0 Å². The maximum atomic E-state index is 10.8. The maximum absolute atomic E-state index is 10.8. The zero-order valence-electron chi connectivity index (χ0n) is 5.29. The Balaban J connectivity index is 2.24. The summed E-state index contributed by atoms with van der Waals surface area (Å²) in [6, 6.07) is -0.439. The summed E-state index contributed by atoms with van der Waals surface area (Å²) in [7, 11) is 0. The van der Waals surface area contributed by atoms with E-state index in [-0.39, 0.29) is 12.1 Å². The number of hydrogen-bond donors (Lipinski definition) is 1. The summed E-state index contributed by atoms with van der Waals surface area (Å²) in [5.74, 6) is -0.836. The Kier molecular flexibility index (Phi) is 1.05. The fourth-order valence-corrected chi connectivity index (χ4v) is 1.36. The van der Waals surface area contributed by atoms with Gasteiger partial charge in [-0.05, 0) is 12.8 Å². The number of esters is 2. The zero-order chi connectivity index (χ0) is 7.14. The lowest BCUT2D eigenvalue weighted by Crippen LogP contribution is -2.48. The van der Waals surface area contributed by atoms with E-state index in [0.29, 0.717) is 0 Å². The number of ether oxygens (including phenoxy) is 1. The second-order valence-electron chi connectivity index (χ2n) is 2.59. The van der Waals surface area contributed by atoms with Gasteiger partial charge in [-0.25, -0.2) is 9.59 Å². The lowest BCUT2D eigenvalue weighted by atomic mass is 10.2. The molecule has 0 aliphatic carbocycles. The first kappa shape index (κ1) is 5.85. The fraction of sp³-hybridized carbons (Fsp3) is 0.667. The highest BCUT2D eigenvalue weighted by Crippen LogP contribution is 2.19. The molecule has 4 heteroatoms. The molecule has 0 amide bonds. The Morgan fingerprint density at radius 2 is 1.70 bits per heavy atom. The number of morpholine rings is 1. The molecule has 2 fully saturated rings. The quantitative estimate of drug-likeness (QED) is 0.354. The number of carbonyl (C=O) groups excluding carboxylic acids is 2. The van der Waals surface area contributed by atoms with Crippen molar-refractivity contribution in [1.29, 1.82) is 0 Å². The third-order valence-electron chi connectivity index (χ3n) is 1.92. The van der Waals surface area contributed by atoms with Gasteiger partial charge in [0.15, 0.2) is 0 Å². The van der Waals surface area contributed by atoms with Crippen LogP contribution in [-0.4, -0.2) is 24.0 Å². The fourth-order valence-electron chi connectivity index (χ4n) is 1.36. The van der Waals surface area contributed by atoms with Crippen molar-refractivity contribution >= 4 is 11.9 Å². The molecule has 2 saturated heterocycles. The van der Waals surface area contributed by atoms with Crippen LogP contribution in [0.3, 0.4) is 0 Å². The van der Waals surface area contributed by atoms with Crippen LogP contribution in [0.15, 0.2) is 0 Å². The predicted octanol–water partition coefficient (Wildman–Crippen LogP) is -0.810. The Morgan fingerprint density at radius 3 is 2.20 bits per heavy atom. The van der Waals surface area contributed by atoms with Crippen LogP contribution in [-0.2, 0) is 14.3 Å². The highest BCUT2D eigenvalue weighted by atomic mass is 16.6. The number of nitrogens with one attached hydrogen (secondary N) is 1. The molecule has 0 aromatic heterocycles. The number of fused-ring (bicyclic) bond motifs is 2.